The van der Waals surface area contributed by atoms with Gasteiger partial charge in [-0.25, -0.2) is 8.42 Å². The Bertz CT molecular complexity index is 774. The normalized spacial score (nSPS) is 11.3. The molecule has 0 aliphatic rings. The van der Waals surface area contributed by atoms with E-state index in [2.05, 4.69) is 20.7 Å². The Hall–Kier alpha value is -0.670. The van der Waals surface area contributed by atoms with Crippen LogP contribution in [0.15, 0.2) is 39.0 Å². The van der Waals surface area contributed by atoms with Crippen molar-refractivity contribution in [3.63, 3.8) is 0 Å². The fraction of sp³-hybridized carbons (Fsp3) is 0. The number of thiocarbonyl (C=S) groups is 1. The molecule has 0 bridgehead atoms. The number of nitrogens with one attached hydrogen (secondary N) is 1. The van der Waals surface area contributed by atoms with Crippen LogP contribution in [0.25, 0.3) is 0 Å². The molecule has 1 heterocycles. The van der Waals surface area contributed by atoms with Crippen molar-refractivity contribution in [1.29, 1.82) is 0 Å². The third kappa shape index (κ3) is 3.50. The number of sulfonamides is 1. The van der Waals surface area contributed by atoms with Gasteiger partial charge < -0.3 is 5.73 Å². The molecule has 0 atom stereocenters. The molecule has 0 saturated heterocycles. The number of benzene rings is 1. The van der Waals surface area contributed by atoms with Crippen LogP contribution in [0.1, 0.15) is 4.88 Å². The zero-order chi connectivity index (χ0) is 14.9. The average Bonchev–Trinajstić information content (AvgIpc) is 2.84. The minimum atomic E-state index is -3.67. The molecule has 0 saturated carbocycles. The molecule has 0 aliphatic carbocycles. The van der Waals surface area contributed by atoms with Gasteiger partial charge in [0.25, 0.3) is 10.0 Å². The van der Waals surface area contributed by atoms with E-state index in [-0.39, 0.29) is 9.20 Å². The first-order valence-corrected chi connectivity index (χ1v) is 9.05. The van der Waals surface area contributed by atoms with Crippen molar-refractivity contribution in [3.8, 4) is 0 Å². The first kappa shape index (κ1) is 15.7. The lowest BCUT2D eigenvalue weighted by molar-refractivity contribution is 0.603. The number of hydrogen-bond donors (Lipinski definition) is 2. The van der Waals surface area contributed by atoms with Crippen molar-refractivity contribution in [2.75, 3.05) is 4.72 Å². The maximum Gasteiger partial charge on any atom is 0.271 e. The lowest BCUT2D eigenvalue weighted by atomic mass is 10.3. The molecule has 4 nitrogen and oxygen atoms in total. The van der Waals surface area contributed by atoms with Crippen molar-refractivity contribution < 1.29 is 8.42 Å². The lowest BCUT2D eigenvalue weighted by Crippen LogP contribution is -2.11. The number of hydrogen-bond acceptors (Lipinski definition) is 4. The van der Waals surface area contributed by atoms with Crippen molar-refractivity contribution in [3.05, 3.63) is 44.7 Å². The smallest absolute Gasteiger partial charge is 0.271 e. The Balaban J connectivity index is 2.30. The molecular formula is C11H8BrClN2O2S3. The summed E-state index contributed by atoms with van der Waals surface area (Å²) < 4.78 is 27.6. The highest BCUT2D eigenvalue weighted by Gasteiger charge is 2.18. The van der Waals surface area contributed by atoms with Crippen LogP contribution < -0.4 is 10.5 Å². The summed E-state index contributed by atoms with van der Waals surface area (Å²) in [5.74, 6) is 0. The molecule has 9 heteroatoms. The van der Waals surface area contributed by atoms with Crippen LogP contribution in [0.3, 0.4) is 0 Å². The van der Waals surface area contributed by atoms with Gasteiger partial charge in [-0.15, -0.1) is 11.3 Å². The van der Waals surface area contributed by atoms with Gasteiger partial charge >= 0.3 is 0 Å². The molecule has 20 heavy (non-hydrogen) atoms. The topological polar surface area (TPSA) is 72.2 Å². The minimum Gasteiger partial charge on any atom is -0.389 e. The minimum absolute atomic E-state index is 0.145. The lowest BCUT2D eigenvalue weighted by Gasteiger charge is -2.07. The number of halogens is 2. The number of nitrogens with two attached hydrogens (primary N) is 1. The Morgan fingerprint density at radius 2 is 2.05 bits per heavy atom. The van der Waals surface area contributed by atoms with Crippen LogP contribution in [0, 0.1) is 0 Å². The summed E-state index contributed by atoms with van der Waals surface area (Å²) in [7, 11) is -3.67. The predicted molar refractivity (Wildman–Crippen MR) is 90.2 cm³/mol. The molecule has 3 N–H and O–H groups in total. The number of thiophene rings is 1. The highest BCUT2D eigenvalue weighted by molar-refractivity contribution is 9.10. The fourth-order valence-corrected chi connectivity index (χ4v) is 4.26. The number of anilines is 1. The van der Waals surface area contributed by atoms with Gasteiger partial charge in [0.2, 0.25) is 0 Å². The molecule has 0 spiro atoms. The maximum absolute atomic E-state index is 12.2. The summed E-state index contributed by atoms with van der Waals surface area (Å²) in [5.41, 5.74) is 5.87. The molecule has 2 aromatic rings. The fourth-order valence-electron chi connectivity index (χ4n) is 1.36. The Kier molecular flexibility index (Phi) is 4.70. The van der Waals surface area contributed by atoms with E-state index in [1.165, 1.54) is 6.07 Å². The molecule has 2 rings (SSSR count). The zero-order valence-electron chi connectivity index (χ0n) is 9.76. The van der Waals surface area contributed by atoms with Gasteiger partial charge in [0.15, 0.2) is 0 Å². The SMILES string of the molecule is NC(=S)c1ccc(S(=O)(=O)Nc2ccc(Cl)c(Br)c2)s1. The van der Waals surface area contributed by atoms with E-state index in [1.807, 2.05) is 0 Å². The van der Waals surface area contributed by atoms with Crippen LogP contribution >= 0.6 is 51.1 Å². The number of rotatable bonds is 4. The van der Waals surface area contributed by atoms with Gasteiger partial charge in [-0.1, -0.05) is 23.8 Å². The van der Waals surface area contributed by atoms with Gasteiger partial charge in [0.1, 0.15) is 9.20 Å². The largest absolute Gasteiger partial charge is 0.389 e. The zero-order valence-corrected chi connectivity index (χ0v) is 14.6. The second-order valence-electron chi connectivity index (χ2n) is 3.72. The monoisotopic (exact) mass is 410 g/mol. The standard InChI is InChI=1S/C11H8BrClN2O2S3/c12-7-5-6(1-2-8(7)13)15-20(16,17)10-4-3-9(19-10)11(14)18/h1-5,15H,(H2,14,18). The maximum atomic E-state index is 12.2. The molecule has 0 amide bonds. The molecular weight excluding hydrogens is 404 g/mol. The second kappa shape index (κ2) is 5.98. The van der Waals surface area contributed by atoms with Crippen molar-refractivity contribution >= 4 is 71.8 Å². The van der Waals surface area contributed by atoms with Crippen LogP contribution in [0.2, 0.25) is 5.02 Å². The molecule has 106 valence electrons. The van der Waals surface area contributed by atoms with E-state index in [1.54, 1.807) is 24.3 Å². The van der Waals surface area contributed by atoms with Crippen molar-refractivity contribution in [2.24, 2.45) is 5.73 Å². The molecule has 1 aromatic heterocycles. The second-order valence-corrected chi connectivity index (χ2v) is 8.41. The summed E-state index contributed by atoms with van der Waals surface area (Å²) in [6.07, 6.45) is 0. The van der Waals surface area contributed by atoms with Crippen LogP contribution in [0.5, 0.6) is 0 Å². The summed E-state index contributed by atoms with van der Waals surface area (Å²) in [6, 6.07) is 7.80. The molecule has 0 radical (unpaired) electrons. The van der Waals surface area contributed by atoms with Gasteiger partial charge in [0.05, 0.1) is 15.6 Å². The van der Waals surface area contributed by atoms with E-state index in [0.717, 1.165) is 11.3 Å². The summed E-state index contributed by atoms with van der Waals surface area (Å²) in [4.78, 5) is 0.725. The Labute approximate surface area is 139 Å². The van der Waals surface area contributed by atoms with E-state index in [0.29, 0.717) is 20.1 Å². The van der Waals surface area contributed by atoms with Crippen molar-refractivity contribution in [1.82, 2.24) is 0 Å². The summed E-state index contributed by atoms with van der Waals surface area (Å²) in [6.45, 7) is 0. The van der Waals surface area contributed by atoms with E-state index < -0.39 is 10.0 Å². The predicted octanol–water partition coefficient (Wildman–Crippen LogP) is 3.60. The summed E-state index contributed by atoms with van der Waals surface area (Å²) in [5, 5.41) is 0.500. The van der Waals surface area contributed by atoms with E-state index >= 15 is 0 Å². The van der Waals surface area contributed by atoms with Gasteiger partial charge in [0, 0.05) is 4.47 Å². The first-order valence-electron chi connectivity index (χ1n) is 5.17. The van der Waals surface area contributed by atoms with Crippen LogP contribution in [0.4, 0.5) is 5.69 Å². The van der Waals surface area contributed by atoms with Crippen LogP contribution in [-0.2, 0) is 10.0 Å². The van der Waals surface area contributed by atoms with Crippen LogP contribution in [-0.4, -0.2) is 13.4 Å². The highest BCUT2D eigenvalue weighted by atomic mass is 79.9. The van der Waals surface area contributed by atoms with Gasteiger partial charge in [-0.05, 0) is 46.3 Å². The third-order valence-corrected chi connectivity index (χ3v) is 6.82. The molecule has 0 aliphatic heterocycles. The van der Waals surface area contributed by atoms with Gasteiger partial charge in [-0.2, -0.15) is 0 Å². The third-order valence-electron chi connectivity index (χ3n) is 2.26. The molecule has 1 aromatic carbocycles. The van der Waals surface area contributed by atoms with E-state index in [9.17, 15) is 8.42 Å². The van der Waals surface area contributed by atoms with Gasteiger partial charge in [-0.3, -0.25) is 4.72 Å². The summed E-state index contributed by atoms with van der Waals surface area (Å²) >= 11 is 14.9. The van der Waals surface area contributed by atoms with E-state index in [4.69, 9.17) is 29.6 Å². The Morgan fingerprint density at radius 3 is 2.60 bits per heavy atom. The average molecular weight is 412 g/mol. The Morgan fingerprint density at radius 1 is 1.35 bits per heavy atom. The highest BCUT2D eigenvalue weighted by Crippen LogP contribution is 2.28. The molecule has 0 unspecified atom stereocenters. The molecule has 0 fully saturated rings. The first-order chi connectivity index (χ1) is 9.29. The quantitative estimate of drug-likeness (QED) is 0.754. The van der Waals surface area contributed by atoms with Crippen molar-refractivity contribution in [2.45, 2.75) is 4.21 Å².